The number of rotatable bonds is 4. The summed E-state index contributed by atoms with van der Waals surface area (Å²) in [7, 11) is 1.38. The van der Waals surface area contributed by atoms with Crippen LogP contribution in [0.3, 0.4) is 0 Å². The van der Waals surface area contributed by atoms with Crippen molar-refractivity contribution in [2.24, 2.45) is 0 Å². The molecule has 1 aromatic heterocycles. The second-order valence-corrected chi connectivity index (χ2v) is 7.77. The summed E-state index contributed by atoms with van der Waals surface area (Å²) in [6.45, 7) is 1.75. The molecule has 1 unspecified atom stereocenters. The van der Waals surface area contributed by atoms with Crippen LogP contribution in [0, 0.1) is 6.92 Å². The lowest BCUT2D eigenvalue weighted by Crippen LogP contribution is -2.29. The molecule has 0 saturated carbocycles. The molecular formula is C23H17Cl2NO5. The van der Waals surface area contributed by atoms with Crippen LogP contribution in [0.15, 0.2) is 64.6 Å². The lowest BCUT2D eigenvalue weighted by molar-refractivity contribution is -0.132. The largest absolute Gasteiger partial charge is 0.507 e. The van der Waals surface area contributed by atoms with Crippen LogP contribution in [0.2, 0.25) is 10.0 Å². The minimum Gasteiger partial charge on any atom is -0.507 e. The minimum absolute atomic E-state index is 0.0966. The molecule has 158 valence electrons. The molecule has 1 saturated heterocycles. The van der Waals surface area contributed by atoms with E-state index in [1.807, 2.05) is 0 Å². The fourth-order valence-corrected chi connectivity index (χ4v) is 4.22. The van der Waals surface area contributed by atoms with Gasteiger partial charge in [0.1, 0.15) is 29.1 Å². The molecule has 1 aliphatic heterocycles. The highest BCUT2D eigenvalue weighted by Gasteiger charge is 2.48. The van der Waals surface area contributed by atoms with Gasteiger partial charge >= 0.3 is 0 Å². The van der Waals surface area contributed by atoms with Gasteiger partial charge in [0, 0.05) is 10.7 Å². The first-order valence-electron chi connectivity index (χ1n) is 9.29. The number of carbonyl (C=O) groups is 2. The Morgan fingerprint density at radius 3 is 2.42 bits per heavy atom. The molecule has 1 N–H and O–H groups in total. The quantitative estimate of drug-likeness (QED) is 0.316. The number of ether oxygens (including phenoxy) is 1. The van der Waals surface area contributed by atoms with E-state index in [2.05, 4.69) is 0 Å². The summed E-state index contributed by atoms with van der Waals surface area (Å²) >= 11 is 12.3. The number of hydrogen-bond donors (Lipinski definition) is 1. The molecule has 8 heteroatoms. The highest BCUT2D eigenvalue weighted by atomic mass is 35.5. The molecule has 3 aromatic rings. The summed E-state index contributed by atoms with van der Waals surface area (Å²) in [5.74, 6) is -1.07. The summed E-state index contributed by atoms with van der Waals surface area (Å²) in [5.41, 5.74) is 0.429. The van der Waals surface area contributed by atoms with Gasteiger partial charge in [0.2, 0.25) is 0 Å². The maximum atomic E-state index is 13.1. The van der Waals surface area contributed by atoms with Crippen LogP contribution in [-0.4, -0.2) is 23.9 Å². The van der Waals surface area contributed by atoms with Gasteiger partial charge in [0.05, 0.1) is 23.3 Å². The Balaban J connectivity index is 2.00. The van der Waals surface area contributed by atoms with E-state index < -0.39 is 23.5 Å². The van der Waals surface area contributed by atoms with Crippen molar-refractivity contribution < 1.29 is 23.8 Å². The van der Waals surface area contributed by atoms with Crippen LogP contribution in [0.1, 0.15) is 23.1 Å². The molecule has 31 heavy (non-hydrogen) atoms. The molecule has 0 bridgehead atoms. The van der Waals surface area contributed by atoms with Crippen LogP contribution < -0.4 is 9.64 Å². The van der Waals surface area contributed by atoms with Crippen molar-refractivity contribution in [2.45, 2.75) is 13.0 Å². The number of nitrogens with zero attached hydrogens (tertiary/aromatic N) is 1. The van der Waals surface area contributed by atoms with Crippen molar-refractivity contribution in [1.82, 2.24) is 0 Å². The van der Waals surface area contributed by atoms with Crippen LogP contribution in [-0.2, 0) is 9.59 Å². The van der Waals surface area contributed by atoms with Gasteiger partial charge in [-0.05, 0) is 43.3 Å². The molecule has 0 radical (unpaired) electrons. The van der Waals surface area contributed by atoms with Crippen molar-refractivity contribution in [3.63, 3.8) is 0 Å². The molecule has 2 aromatic carbocycles. The zero-order valence-corrected chi connectivity index (χ0v) is 18.1. The van der Waals surface area contributed by atoms with E-state index in [-0.39, 0.29) is 26.9 Å². The van der Waals surface area contributed by atoms with E-state index in [9.17, 15) is 14.7 Å². The molecule has 6 nitrogen and oxygen atoms in total. The number of carbonyl (C=O) groups excluding carboxylic acids is 2. The van der Waals surface area contributed by atoms with Crippen molar-refractivity contribution in [2.75, 3.05) is 12.0 Å². The lowest BCUT2D eigenvalue weighted by atomic mass is 9.98. The Hall–Kier alpha value is -3.22. The standard InChI is InChI=1S/C23H17Cl2NO5/c1-12-8-9-17(31-12)19-18(20(27)15-10-13(24)11-16(25)22(15)30-2)21(28)23(29)26(19)14-6-4-3-5-7-14/h3-11,19,27H,1-2H3/b20-18+. The van der Waals surface area contributed by atoms with Gasteiger partial charge in [0.15, 0.2) is 0 Å². The van der Waals surface area contributed by atoms with Gasteiger partial charge in [-0.25, -0.2) is 0 Å². The summed E-state index contributed by atoms with van der Waals surface area (Å²) in [4.78, 5) is 27.4. The van der Waals surface area contributed by atoms with Crippen LogP contribution >= 0.6 is 23.2 Å². The molecule has 2 heterocycles. The minimum atomic E-state index is -0.987. The molecular weight excluding hydrogens is 441 g/mol. The Kier molecular flexibility index (Phi) is 5.52. The second kappa shape index (κ2) is 8.13. The van der Waals surface area contributed by atoms with Crippen LogP contribution in [0.25, 0.3) is 5.76 Å². The number of methoxy groups -OCH3 is 1. The third-order valence-corrected chi connectivity index (χ3v) is 5.48. The van der Waals surface area contributed by atoms with E-state index in [0.29, 0.717) is 17.2 Å². The Labute approximate surface area is 188 Å². The monoisotopic (exact) mass is 457 g/mol. The summed E-state index contributed by atoms with van der Waals surface area (Å²) < 4.78 is 11.1. The molecule has 1 atom stereocenters. The van der Waals surface area contributed by atoms with Crippen LogP contribution in [0.4, 0.5) is 5.69 Å². The SMILES string of the molecule is COc1c(Cl)cc(Cl)cc1/C(O)=C1\C(=O)C(=O)N(c2ccccc2)C1c1ccc(C)o1. The number of aryl methyl sites for hydroxylation is 1. The van der Waals surface area contributed by atoms with Crippen molar-refractivity contribution >= 4 is 46.3 Å². The molecule has 4 rings (SSSR count). The fourth-order valence-electron chi connectivity index (χ4n) is 3.65. The third kappa shape index (κ3) is 3.58. The number of furan rings is 1. The van der Waals surface area contributed by atoms with Gasteiger partial charge in [-0.15, -0.1) is 0 Å². The number of aliphatic hydroxyl groups is 1. The first kappa shape index (κ1) is 21.0. The number of aliphatic hydroxyl groups excluding tert-OH is 1. The zero-order chi connectivity index (χ0) is 22.3. The molecule has 1 aliphatic rings. The van der Waals surface area contributed by atoms with Crippen LogP contribution in [0.5, 0.6) is 5.75 Å². The fraction of sp³-hybridized carbons (Fsp3) is 0.130. The number of anilines is 1. The number of Topliss-reactive ketones (excluding diaryl/α,β-unsaturated/α-hetero) is 1. The number of amides is 1. The van der Waals surface area contributed by atoms with Crippen molar-refractivity contribution in [3.8, 4) is 5.75 Å². The summed E-state index contributed by atoms with van der Waals surface area (Å²) in [6, 6.07) is 14.0. The normalized spacial score (nSPS) is 17.9. The van der Waals surface area contributed by atoms with Gasteiger partial charge < -0.3 is 14.3 Å². The van der Waals surface area contributed by atoms with E-state index in [0.717, 1.165) is 0 Å². The lowest BCUT2D eigenvalue weighted by Gasteiger charge is -2.23. The van der Waals surface area contributed by atoms with Gasteiger partial charge in [0.25, 0.3) is 11.7 Å². The van der Waals surface area contributed by atoms with Crippen molar-refractivity contribution in [3.05, 3.63) is 87.3 Å². The summed E-state index contributed by atoms with van der Waals surface area (Å²) in [6.07, 6.45) is 0. The Morgan fingerprint density at radius 2 is 1.81 bits per heavy atom. The molecule has 1 fully saturated rings. The second-order valence-electron chi connectivity index (χ2n) is 6.92. The van der Waals surface area contributed by atoms with Gasteiger partial charge in [-0.3, -0.25) is 14.5 Å². The highest BCUT2D eigenvalue weighted by Crippen LogP contribution is 2.45. The number of para-hydroxylation sites is 1. The number of benzene rings is 2. The number of hydrogen-bond acceptors (Lipinski definition) is 5. The first-order chi connectivity index (χ1) is 14.8. The molecule has 1 amide bonds. The topological polar surface area (TPSA) is 80.0 Å². The van der Waals surface area contributed by atoms with Crippen molar-refractivity contribution in [1.29, 1.82) is 0 Å². The maximum Gasteiger partial charge on any atom is 0.300 e. The first-order valence-corrected chi connectivity index (χ1v) is 10.0. The third-order valence-electron chi connectivity index (χ3n) is 4.98. The Bertz CT molecular complexity index is 1220. The maximum absolute atomic E-state index is 13.1. The predicted octanol–water partition coefficient (Wildman–Crippen LogP) is 5.53. The summed E-state index contributed by atoms with van der Waals surface area (Å²) in [5, 5.41) is 11.6. The van der Waals surface area contributed by atoms with E-state index in [4.69, 9.17) is 32.4 Å². The number of halogens is 2. The average Bonchev–Trinajstić information content (AvgIpc) is 3.28. The number of ketones is 1. The molecule has 0 spiro atoms. The average molecular weight is 458 g/mol. The van der Waals surface area contributed by atoms with Gasteiger partial charge in [-0.2, -0.15) is 0 Å². The highest BCUT2D eigenvalue weighted by molar-refractivity contribution is 6.51. The zero-order valence-electron chi connectivity index (χ0n) is 16.6. The van der Waals surface area contributed by atoms with E-state index >= 15 is 0 Å². The Morgan fingerprint density at radius 1 is 1.10 bits per heavy atom. The van der Waals surface area contributed by atoms with Gasteiger partial charge in [-0.1, -0.05) is 41.4 Å². The van der Waals surface area contributed by atoms with E-state index in [1.165, 1.54) is 24.1 Å². The molecule has 0 aliphatic carbocycles. The van der Waals surface area contributed by atoms with E-state index in [1.54, 1.807) is 49.4 Å². The predicted molar refractivity (Wildman–Crippen MR) is 118 cm³/mol. The smallest absolute Gasteiger partial charge is 0.300 e.